The number of aromatic nitrogens is 1. The standard InChI is InChI=1S/C16H21N3O2S/c1-11(13-7-5-9-21-13)17-16(20)19(2)10-15-18-12-6-3-4-8-14(12)22-15/h3-4,6,8,11,13H,5,7,9-10H2,1-2H3,(H,17,20)/t11-,13-/m1/s1. The van der Waals surface area contributed by atoms with Crippen LogP contribution in [0.1, 0.15) is 24.8 Å². The van der Waals surface area contributed by atoms with E-state index in [-0.39, 0.29) is 18.2 Å². The van der Waals surface area contributed by atoms with Crippen LogP contribution in [-0.2, 0) is 11.3 Å². The number of hydrogen-bond acceptors (Lipinski definition) is 4. The molecule has 6 heteroatoms. The first-order valence-electron chi connectivity index (χ1n) is 7.61. The first-order valence-corrected chi connectivity index (χ1v) is 8.43. The molecule has 0 radical (unpaired) electrons. The summed E-state index contributed by atoms with van der Waals surface area (Å²) in [6.07, 6.45) is 2.23. The molecule has 22 heavy (non-hydrogen) atoms. The Kier molecular flexibility index (Phi) is 4.59. The lowest BCUT2D eigenvalue weighted by atomic mass is 10.1. The van der Waals surface area contributed by atoms with Gasteiger partial charge in [0.05, 0.1) is 28.9 Å². The lowest BCUT2D eigenvalue weighted by molar-refractivity contribution is 0.0838. The van der Waals surface area contributed by atoms with Crippen LogP contribution in [-0.4, -0.2) is 41.7 Å². The number of ether oxygens (including phenoxy) is 1. The average Bonchev–Trinajstić information content (AvgIpc) is 3.15. The van der Waals surface area contributed by atoms with Crippen LogP contribution in [0.5, 0.6) is 0 Å². The Hall–Kier alpha value is -1.66. The fourth-order valence-corrected chi connectivity index (χ4v) is 3.68. The van der Waals surface area contributed by atoms with E-state index < -0.39 is 0 Å². The summed E-state index contributed by atoms with van der Waals surface area (Å²) >= 11 is 1.63. The van der Waals surface area contributed by atoms with Gasteiger partial charge in [-0.2, -0.15) is 0 Å². The molecule has 2 atom stereocenters. The minimum atomic E-state index is -0.0812. The Morgan fingerprint density at radius 2 is 2.36 bits per heavy atom. The van der Waals surface area contributed by atoms with Gasteiger partial charge in [-0.1, -0.05) is 12.1 Å². The Morgan fingerprint density at radius 1 is 1.55 bits per heavy atom. The van der Waals surface area contributed by atoms with Gasteiger partial charge >= 0.3 is 6.03 Å². The summed E-state index contributed by atoms with van der Waals surface area (Å²) in [5.74, 6) is 0. The second-order valence-electron chi connectivity index (χ2n) is 5.72. The average molecular weight is 319 g/mol. The Balaban J connectivity index is 1.58. The summed E-state index contributed by atoms with van der Waals surface area (Å²) in [6.45, 7) is 3.31. The number of carbonyl (C=O) groups is 1. The molecular formula is C16H21N3O2S. The Morgan fingerprint density at radius 3 is 3.09 bits per heavy atom. The van der Waals surface area contributed by atoms with Crippen LogP contribution in [0.25, 0.3) is 10.2 Å². The van der Waals surface area contributed by atoms with Gasteiger partial charge in [0.2, 0.25) is 0 Å². The second kappa shape index (κ2) is 6.62. The van der Waals surface area contributed by atoms with Crippen molar-refractivity contribution in [3.8, 4) is 0 Å². The van der Waals surface area contributed by atoms with E-state index in [9.17, 15) is 4.79 Å². The highest BCUT2D eigenvalue weighted by Crippen LogP contribution is 2.22. The van der Waals surface area contributed by atoms with E-state index in [1.54, 1.807) is 23.3 Å². The molecule has 2 heterocycles. The number of thiazole rings is 1. The third-order valence-corrected chi connectivity index (χ3v) is 4.95. The van der Waals surface area contributed by atoms with Crippen molar-refractivity contribution in [2.75, 3.05) is 13.7 Å². The molecule has 0 spiro atoms. The molecule has 0 aliphatic carbocycles. The Bertz CT molecular complexity index is 619. The lowest BCUT2D eigenvalue weighted by Crippen LogP contribution is -2.46. The van der Waals surface area contributed by atoms with Gasteiger partial charge in [-0.15, -0.1) is 11.3 Å². The molecule has 3 rings (SSSR count). The van der Waals surface area contributed by atoms with Gasteiger partial charge in [0.25, 0.3) is 0 Å². The topological polar surface area (TPSA) is 54.5 Å². The number of urea groups is 1. The molecule has 1 saturated heterocycles. The SMILES string of the molecule is C[C@@H](NC(=O)N(C)Cc1nc2ccccc2s1)[C@H]1CCCO1. The second-order valence-corrected chi connectivity index (χ2v) is 6.84. The fourth-order valence-electron chi connectivity index (χ4n) is 2.66. The third-order valence-electron chi connectivity index (χ3n) is 3.93. The molecule has 1 aromatic carbocycles. The highest BCUT2D eigenvalue weighted by molar-refractivity contribution is 7.18. The first-order chi connectivity index (χ1) is 10.6. The number of amides is 2. The van der Waals surface area contributed by atoms with E-state index in [1.165, 1.54) is 0 Å². The van der Waals surface area contributed by atoms with Crippen molar-refractivity contribution in [1.29, 1.82) is 0 Å². The molecule has 1 aromatic heterocycles. The zero-order chi connectivity index (χ0) is 15.5. The lowest BCUT2D eigenvalue weighted by Gasteiger charge is -2.23. The van der Waals surface area contributed by atoms with Crippen LogP contribution in [0.2, 0.25) is 0 Å². The summed E-state index contributed by atoms with van der Waals surface area (Å²) in [6, 6.07) is 7.98. The van der Waals surface area contributed by atoms with Crippen molar-refractivity contribution in [2.24, 2.45) is 0 Å². The van der Waals surface area contributed by atoms with Gasteiger partial charge in [-0.05, 0) is 31.9 Å². The smallest absolute Gasteiger partial charge is 0.317 e. The highest BCUT2D eigenvalue weighted by Gasteiger charge is 2.24. The van der Waals surface area contributed by atoms with Crippen LogP contribution in [0.4, 0.5) is 4.79 Å². The predicted molar refractivity (Wildman–Crippen MR) is 88.1 cm³/mol. The molecule has 0 saturated carbocycles. The van der Waals surface area contributed by atoms with Gasteiger partial charge in [0.1, 0.15) is 5.01 Å². The first kappa shape index (κ1) is 15.2. The minimum absolute atomic E-state index is 0.0350. The molecule has 0 bridgehead atoms. The van der Waals surface area contributed by atoms with E-state index in [0.29, 0.717) is 6.54 Å². The van der Waals surface area contributed by atoms with Gasteiger partial charge < -0.3 is 15.0 Å². The number of benzene rings is 1. The van der Waals surface area contributed by atoms with Crippen LogP contribution in [0.15, 0.2) is 24.3 Å². The maximum absolute atomic E-state index is 12.3. The van der Waals surface area contributed by atoms with Crippen molar-refractivity contribution in [3.05, 3.63) is 29.3 Å². The van der Waals surface area contributed by atoms with Crippen LogP contribution in [0.3, 0.4) is 0 Å². The largest absolute Gasteiger partial charge is 0.376 e. The number of nitrogens with one attached hydrogen (secondary N) is 1. The molecule has 1 N–H and O–H groups in total. The molecule has 1 aliphatic heterocycles. The van der Waals surface area contributed by atoms with E-state index in [4.69, 9.17) is 4.74 Å². The predicted octanol–water partition coefficient (Wildman–Crippen LogP) is 3.01. The maximum atomic E-state index is 12.3. The monoisotopic (exact) mass is 319 g/mol. The van der Waals surface area contributed by atoms with Crippen molar-refractivity contribution < 1.29 is 9.53 Å². The van der Waals surface area contributed by atoms with Crippen molar-refractivity contribution in [1.82, 2.24) is 15.2 Å². The normalized spacial score (nSPS) is 19.3. The van der Waals surface area contributed by atoms with Crippen molar-refractivity contribution in [3.63, 3.8) is 0 Å². The molecule has 2 amide bonds. The molecule has 5 nitrogen and oxygen atoms in total. The van der Waals surface area contributed by atoms with Crippen molar-refractivity contribution >= 4 is 27.6 Å². The third kappa shape index (κ3) is 3.39. The van der Waals surface area contributed by atoms with Crippen LogP contribution in [0, 0.1) is 0 Å². The zero-order valence-corrected chi connectivity index (χ0v) is 13.7. The summed E-state index contributed by atoms with van der Waals surface area (Å²) < 4.78 is 6.76. The zero-order valence-electron chi connectivity index (χ0n) is 12.9. The fraction of sp³-hybridized carbons (Fsp3) is 0.500. The number of rotatable bonds is 4. The molecule has 2 aromatic rings. The molecule has 118 valence electrons. The number of para-hydroxylation sites is 1. The molecular weight excluding hydrogens is 298 g/mol. The quantitative estimate of drug-likeness (QED) is 0.942. The van der Waals surface area contributed by atoms with E-state index in [2.05, 4.69) is 16.4 Å². The number of hydrogen-bond donors (Lipinski definition) is 1. The number of fused-ring (bicyclic) bond motifs is 1. The van der Waals surface area contributed by atoms with Gasteiger partial charge in [-0.25, -0.2) is 9.78 Å². The summed E-state index contributed by atoms with van der Waals surface area (Å²) in [5.41, 5.74) is 0.990. The van der Waals surface area contributed by atoms with E-state index in [1.807, 2.05) is 25.1 Å². The Labute approximate surface area is 134 Å². The van der Waals surface area contributed by atoms with E-state index >= 15 is 0 Å². The highest BCUT2D eigenvalue weighted by atomic mass is 32.1. The van der Waals surface area contributed by atoms with Gasteiger partial charge in [-0.3, -0.25) is 0 Å². The van der Waals surface area contributed by atoms with E-state index in [0.717, 1.165) is 34.7 Å². The van der Waals surface area contributed by atoms with Crippen LogP contribution >= 0.6 is 11.3 Å². The van der Waals surface area contributed by atoms with Gasteiger partial charge in [0, 0.05) is 13.7 Å². The molecule has 0 unspecified atom stereocenters. The van der Waals surface area contributed by atoms with Crippen molar-refractivity contribution in [2.45, 2.75) is 38.5 Å². The molecule has 1 fully saturated rings. The minimum Gasteiger partial charge on any atom is -0.376 e. The summed E-state index contributed by atoms with van der Waals surface area (Å²) in [4.78, 5) is 18.5. The molecule has 1 aliphatic rings. The van der Waals surface area contributed by atoms with Crippen LogP contribution < -0.4 is 5.32 Å². The summed E-state index contributed by atoms with van der Waals surface area (Å²) in [5, 5.41) is 3.96. The number of nitrogens with zero attached hydrogens (tertiary/aromatic N) is 2. The maximum Gasteiger partial charge on any atom is 0.317 e. The summed E-state index contributed by atoms with van der Waals surface area (Å²) in [7, 11) is 1.80. The van der Waals surface area contributed by atoms with Gasteiger partial charge in [0.15, 0.2) is 0 Å². The number of carbonyl (C=O) groups excluding carboxylic acids is 1.